The predicted octanol–water partition coefficient (Wildman–Crippen LogP) is 15.6. The zero-order valence-corrected chi connectivity index (χ0v) is 37.3. The van der Waals surface area contributed by atoms with E-state index in [4.69, 9.17) is 4.74 Å². The van der Waals surface area contributed by atoms with E-state index in [0.717, 1.165) is 11.5 Å². The number of fused-ring (bicyclic) bond motifs is 10. The number of nitrogens with zero attached hydrogens (tertiary/aromatic N) is 1. The van der Waals surface area contributed by atoms with E-state index in [1.54, 1.807) is 0 Å². The lowest BCUT2D eigenvalue weighted by Crippen LogP contribution is -2.32. The SMILES string of the molecule is c1ccc(-c2ccc(C3C4C(c5cccc(-c6cccc(-c7cccc(-c8ccc9c(c8)C8(c%10ccccc%10Oc%10ccccc%108)c8ccccc8-9)c7)c6)c5)NC(c5ccccc5)N34)cc2)cc1. The number of ether oxygens (including phenoxy) is 1. The summed E-state index contributed by atoms with van der Waals surface area (Å²) in [5.74, 6) is 1.82. The van der Waals surface area contributed by atoms with Gasteiger partial charge in [-0.15, -0.1) is 0 Å². The molecule has 0 radical (unpaired) electrons. The molecule has 10 aromatic rings. The van der Waals surface area contributed by atoms with Gasteiger partial charge >= 0.3 is 0 Å². The molecule has 1 aliphatic carbocycles. The molecule has 3 heteroatoms. The molecule has 3 nitrogen and oxygen atoms in total. The molecular formula is C65H46N2O. The third kappa shape index (κ3) is 6.06. The molecule has 0 bridgehead atoms. The lowest BCUT2D eigenvalue weighted by atomic mass is 9.66. The second-order valence-corrected chi connectivity index (χ2v) is 18.8. The van der Waals surface area contributed by atoms with E-state index in [1.807, 2.05) is 0 Å². The molecule has 1 N–H and O–H groups in total. The summed E-state index contributed by atoms with van der Waals surface area (Å²) in [7, 11) is 0. The van der Waals surface area contributed by atoms with Crippen molar-refractivity contribution in [1.29, 1.82) is 0 Å². The largest absolute Gasteiger partial charge is 0.457 e. The Hall–Kier alpha value is -8.08. The Morgan fingerprint density at radius 1 is 0.338 bits per heavy atom. The number of rotatable bonds is 7. The van der Waals surface area contributed by atoms with E-state index in [-0.39, 0.29) is 12.2 Å². The molecule has 4 aliphatic rings. The Bertz CT molecular complexity index is 3520. The maximum atomic E-state index is 6.61. The minimum absolute atomic E-state index is 0.138. The highest BCUT2D eigenvalue weighted by Gasteiger charge is 2.61. The standard InChI is InChI=1S/C65H46N2O/c1-3-16-42(17-4-1)43-32-34-44(35-33-43)62-63-61(66-64(67(62)63)45-18-5-2-6-19-45)52-25-15-24-50(40-52)48-22-13-20-46(38-48)47-21-14-23-49(39-47)51-36-37-54-53-26-7-8-27-55(53)65(58(54)41-51)56-28-9-11-30-59(56)68-60-31-12-10-29-57(60)65/h1-41,61-64,66H. The van der Waals surface area contributed by atoms with Gasteiger partial charge in [-0.2, -0.15) is 0 Å². The zero-order chi connectivity index (χ0) is 44.8. The summed E-state index contributed by atoms with van der Waals surface area (Å²) in [6.07, 6.45) is 0.138. The topological polar surface area (TPSA) is 24.3 Å². The molecule has 14 rings (SSSR count). The molecule has 10 aromatic carbocycles. The van der Waals surface area contributed by atoms with Gasteiger partial charge in [0.25, 0.3) is 0 Å². The first-order chi connectivity index (χ1) is 33.7. The minimum atomic E-state index is -0.503. The molecule has 0 saturated carbocycles. The average Bonchev–Trinajstić information content (AvgIpc) is 3.91. The summed E-state index contributed by atoms with van der Waals surface area (Å²) in [4.78, 5) is 2.67. The molecule has 3 aliphatic heterocycles. The van der Waals surface area contributed by atoms with Crippen molar-refractivity contribution < 1.29 is 4.74 Å². The first-order valence-electron chi connectivity index (χ1n) is 23.9. The quantitative estimate of drug-likeness (QED) is 0.162. The van der Waals surface area contributed by atoms with Gasteiger partial charge in [0.15, 0.2) is 0 Å². The van der Waals surface area contributed by atoms with Gasteiger partial charge in [0.1, 0.15) is 11.5 Å². The highest BCUT2D eigenvalue weighted by Crippen LogP contribution is 2.63. The minimum Gasteiger partial charge on any atom is -0.457 e. The molecule has 3 heterocycles. The fourth-order valence-electron chi connectivity index (χ4n) is 12.1. The smallest absolute Gasteiger partial charge is 0.132 e. The Balaban J connectivity index is 0.794. The van der Waals surface area contributed by atoms with Crippen LogP contribution in [0.5, 0.6) is 11.5 Å². The van der Waals surface area contributed by atoms with Crippen LogP contribution in [0.2, 0.25) is 0 Å². The van der Waals surface area contributed by atoms with E-state index in [9.17, 15) is 0 Å². The molecule has 1 spiro atoms. The molecule has 0 aromatic heterocycles. The fourth-order valence-corrected chi connectivity index (χ4v) is 12.1. The van der Waals surface area contributed by atoms with Gasteiger partial charge in [-0.05, 0) is 120 Å². The number of hydrogen-bond donors (Lipinski definition) is 1. The maximum absolute atomic E-state index is 6.61. The second kappa shape index (κ2) is 15.5. The number of nitrogens with one attached hydrogen (secondary N) is 1. The lowest BCUT2D eigenvalue weighted by Gasteiger charge is -2.39. The van der Waals surface area contributed by atoms with E-state index < -0.39 is 5.41 Å². The summed E-state index contributed by atoms with van der Waals surface area (Å²) in [5.41, 5.74) is 20.7. The van der Waals surface area contributed by atoms with Crippen molar-refractivity contribution in [2.24, 2.45) is 0 Å². The fraction of sp³-hybridized carbons (Fsp3) is 0.0769. The van der Waals surface area contributed by atoms with Gasteiger partial charge in [0, 0.05) is 11.1 Å². The van der Waals surface area contributed by atoms with Crippen LogP contribution in [-0.2, 0) is 5.41 Å². The van der Waals surface area contributed by atoms with Gasteiger partial charge in [0.2, 0.25) is 0 Å². The molecule has 68 heavy (non-hydrogen) atoms. The van der Waals surface area contributed by atoms with Gasteiger partial charge in [-0.25, -0.2) is 0 Å². The van der Waals surface area contributed by atoms with Crippen LogP contribution in [0.4, 0.5) is 0 Å². The third-order valence-corrected chi connectivity index (χ3v) is 15.2. The van der Waals surface area contributed by atoms with Crippen LogP contribution >= 0.6 is 0 Å². The molecule has 5 unspecified atom stereocenters. The van der Waals surface area contributed by atoms with Crippen LogP contribution in [0, 0.1) is 0 Å². The summed E-state index contributed by atoms with van der Waals surface area (Å²) in [5, 5.41) is 4.07. The van der Waals surface area contributed by atoms with Crippen molar-refractivity contribution in [3.63, 3.8) is 0 Å². The molecule has 2 saturated heterocycles. The highest BCUT2D eigenvalue weighted by molar-refractivity contribution is 5.90. The van der Waals surface area contributed by atoms with E-state index in [1.165, 1.54) is 94.6 Å². The molecular weight excluding hydrogens is 825 g/mol. The van der Waals surface area contributed by atoms with E-state index in [0.29, 0.717) is 12.1 Å². The Kier molecular flexibility index (Phi) is 8.92. The average molecular weight is 871 g/mol. The van der Waals surface area contributed by atoms with Gasteiger partial charge in [-0.1, -0.05) is 212 Å². The Morgan fingerprint density at radius 2 is 0.809 bits per heavy atom. The van der Waals surface area contributed by atoms with Crippen molar-refractivity contribution in [2.75, 3.05) is 0 Å². The molecule has 0 amide bonds. The van der Waals surface area contributed by atoms with Gasteiger partial charge in [0.05, 0.1) is 29.7 Å². The molecule has 2 fully saturated rings. The highest BCUT2D eigenvalue weighted by atomic mass is 16.5. The predicted molar refractivity (Wildman–Crippen MR) is 275 cm³/mol. The van der Waals surface area contributed by atoms with Crippen LogP contribution in [0.15, 0.2) is 249 Å². The Labute approximate surface area is 397 Å². The number of hydrogen-bond acceptors (Lipinski definition) is 3. The van der Waals surface area contributed by atoms with E-state index in [2.05, 4.69) is 259 Å². The van der Waals surface area contributed by atoms with E-state index >= 15 is 0 Å². The number of para-hydroxylation sites is 2. The monoisotopic (exact) mass is 870 g/mol. The first-order valence-corrected chi connectivity index (χ1v) is 23.9. The van der Waals surface area contributed by atoms with Crippen LogP contribution in [0.1, 0.15) is 57.2 Å². The second-order valence-electron chi connectivity index (χ2n) is 18.8. The number of benzene rings is 10. The molecule has 5 atom stereocenters. The summed E-state index contributed by atoms with van der Waals surface area (Å²) >= 11 is 0. The van der Waals surface area contributed by atoms with Gasteiger partial charge < -0.3 is 4.74 Å². The summed E-state index contributed by atoms with van der Waals surface area (Å²) in [6.45, 7) is 0. The van der Waals surface area contributed by atoms with Crippen LogP contribution in [-0.4, -0.2) is 10.9 Å². The van der Waals surface area contributed by atoms with Crippen molar-refractivity contribution >= 4 is 0 Å². The first kappa shape index (κ1) is 39.1. The van der Waals surface area contributed by atoms with Crippen molar-refractivity contribution in [3.05, 3.63) is 288 Å². The summed E-state index contributed by atoms with van der Waals surface area (Å²) < 4.78 is 6.61. The normalized spacial score (nSPS) is 19.8. The third-order valence-electron chi connectivity index (χ3n) is 15.2. The van der Waals surface area contributed by atoms with Crippen molar-refractivity contribution in [3.8, 4) is 67.1 Å². The summed E-state index contributed by atoms with van der Waals surface area (Å²) in [6, 6.07) is 92.3. The van der Waals surface area contributed by atoms with Crippen LogP contribution < -0.4 is 10.1 Å². The van der Waals surface area contributed by atoms with Crippen molar-refractivity contribution in [2.45, 2.75) is 29.7 Å². The van der Waals surface area contributed by atoms with Crippen LogP contribution in [0.3, 0.4) is 0 Å². The van der Waals surface area contributed by atoms with Crippen LogP contribution in [0.25, 0.3) is 55.6 Å². The Morgan fingerprint density at radius 3 is 1.47 bits per heavy atom. The zero-order valence-electron chi connectivity index (χ0n) is 37.3. The van der Waals surface area contributed by atoms with Crippen molar-refractivity contribution in [1.82, 2.24) is 10.2 Å². The molecule has 322 valence electrons. The maximum Gasteiger partial charge on any atom is 0.132 e. The lowest BCUT2D eigenvalue weighted by molar-refractivity contribution is 0.358. The van der Waals surface area contributed by atoms with Gasteiger partial charge in [-0.3, -0.25) is 10.2 Å².